The standard InChI is InChI=1S/C31H30ClFN4O2S/c32-24-11-9-23(10-12-24)31(21-39-20-22-5-2-1-3-6-22)14-16-37(17-15-31)30-35-27-13-18-40(38)28(27)29(36-30)34-26-8-4-7-25(33)19-26/h1-12,19H,13-18,20-21H2,(H,34,35,36). The maximum Gasteiger partial charge on any atom is 0.227 e. The summed E-state index contributed by atoms with van der Waals surface area (Å²) < 4.78 is 32.9. The maximum atomic E-state index is 13.9. The quantitative estimate of drug-likeness (QED) is 0.261. The molecule has 1 fully saturated rings. The van der Waals surface area contributed by atoms with Crippen LogP contribution in [0.3, 0.4) is 0 Å². The number of fused-ring (bicyclic) bond motifs is 1. The zero-order valence-electron chi connectivity index (χ0n) is 22.0. The third kappa shape index (κ3) is 5.75. The highest BCUT2D eigenvalue weighted by molar-refractivity contribution is 7.85. The second-order valence-corrected chi connectivity index (χ2v) is 12.3. The Hall–Kier alpha value is -3.33. The largest absolute Gasteiger partial charge is 0.376 e. The van der Waals surface area contributed by atoms with Crippen LogP contribution < -0.4 is 10.2 Å². The van der Waals surface area contributed by atoms with Gasteiger partial charge in [-0.1, -0.05) is 60.1 Å². The first-order chi connectivity index (χ1) is 19.5. The lowest BCUT2D eigenvalue weighted by Gasteiger charge is -2.42. The number of aryl methyl sites for hydroxylation is 1. The van der Waals surface area contributed by atoms with Crippen molar-refractivity contribution in [2.24, 2.45) is 0 Å². The summed E-state index contributed by atoms with van der Waals surface area (Å²) >= 11 is 6.22. The molecule has 6 rings (SSSR count). The molecule has 3 heterocycles. The molecule has 1 atom stereocenters. The number of ether oxygens (including phenoxy) is 1. The van der Waals surface area contributed by atoms with E-state index in [0.717, 1.165) is 37.2 Å². The van der Waals surface area contributed by atoms with Gasteiger partial charge >= 0.3 is 0 Å². The van der Waals surface area contributed by atoms with E-state index >= 15 is 0 Å². The number of aromatic nitrogens is 2. The van der Waals surface area contributed by atoms with Gasteiger partial charge in [-0.15, -0.1) is 0 Å². The van der Waals surface area contributed by atoms with E-state index in [1.54, 1.807) is 12.1 Å². The Morgan fingerprint density at radius 1 is 1.00 bits per heavy atom. The first-order valence-corrected chi connectivity index (χ1v) is 15.1. The van der Waals surface area contributed by atoms with Crippen LogP contribution in [0.4, 0.5) is 21.8 Å². The van der Waals surface area contributed by atoms with Gasteiger partial charge in [0.25, 0.3) is 0 Å². The van der Waals surface area contributed by atoms with Crippen LogP contribution in [-0.4, -0.2) is 39.6 Å². The second-order valence-electron chi connectivity index (χ2n) is 10.3. The van der Waals surface area contributed by atoms with Crippen LogP contribution in [0.15, 0.2) is 83.8 Å². The molecule has 9 heteroatoms. The van der Waals surface area contributed by atoms with Crippen LogP contribution in [0.1, 0.15) is 29.7 Å². The minimum Gasteiger partial charge on any atom is -0.376 e. The number of nitrogens with one attached hydrogen (secondary N) is 1. The molecule has 1 saturated heterocycles. The zero-order valence-corrected chi connectivity index (χ0v) is 23.6. The minimum absolute atomic E-state index is 0.170. The molecule has 40 heavy (non-hydrogen) atoms. The molecule has 1 unspecified atom stereocenters. The molecule has 0 saturated carbocycles. The van der Waals surface area contributed by atoms with Gasteiger partial charge in [-0.05, 0) is 54.3 Å². The summed E-state index contributed by atoms with van der Waals surface area (Å²) in [4.78, 5) is 12.5. The first kappa shape index (κ1) is 26.9. The predicted octanol–water partition coefficient (Wildman–Crippen LogP) is 6.43. The number of hydrogen-bond donors (Lipinski definition) is 1. The molecule has 0 amide bonds. The van der Waals surface area contributed by atoms with Gasteiger partial charge in [0.2, 0.25) is 5.95 Å². The Bertz CT molecular complexity index is 1510. The van der Waals surface area contributed by atoms with Crippen molar-refractivity contribution in [3.8, 4) is 0 Å². The van der Waals surface area contributed by atoms with Crippen molar-refractivity contribution in [1.29, 1.82) is 0 Å². The lowest BCUT2D eigenvalue weighted by molar-refractivity contribution is 0.0591. The van der Waals surface area contributed by atoms with Gasteiger partial charge in [0.1, 0.15) is 10.7 Å². The highest BCUT2D eigenvalue weighted by Gasteiger charge is 2.38. The molecule has 3 aromatic carbocycles. The van der Waals surface area contributed by atoms with Crippen LogP contribution in [0.5, 0.6) is 0 Å². The highest BCUT2D eigenvalue weighted by Crippen LogP contribution is 2.39. The van der Waals surface area contributed by atoms with E-state index in [1.165, 1.54) is 17.7 Å². The number of piperidine rings is 1. The van der Waals surface area contributed by atoms with Crippen molar-refractivity contribution in [3.63, 3.8) is 0 Å². The molecule has 206 valence electrons. The number of hydrogen-bond acceptors (Lipinski definition) is 6. The number of halogens is 2. The average Bonchev–Trinajstić information content (AvgIpc) is 3.35. The SMILES string of the molecule is O=S1CCc2nc(N3CCC(COCc4ccccc4)(c4ccc(Cl)cc4)CC3)nc(Nc3cccc(F)c3)c21. The summed E-state index contributed by atoms with van der Waals surface area (Å²) in [7, 11) is -1.19. The van der Waals surface area contributed by atoms with Crippen LogP contribution >= 0.6 is 11.6 Å². The molecular weight excluding hydrogens is 547 g/mol. The normalized spacial score (nSPS) is 17.9. The van der Waals surface area contributed by atoms with E-state index in [4.69, 9.17) is 26.3 Å². The zero-order chi connectivity index (χ0) is 27.5. The second kappa shape index (κ2) is 11.6. The molecule has 0 aliphatic carbocycles. The van der Waals surface area contributed by atoms with Crippen LogP contribution in [-0.2, 0) is 34.0 Å². The Kier molecular flexibility index (Phi) is 7.82. The van der Waals surface area contributed by atoms with Crippen molar-refractivity contribution < 1.29 is 13.3 Å². The number of nitrogens with zero attached hydrogens (tertiary/aromatic N) is 3. The van der Waals surface area contributed by atoms with Crippen molar-refractivity contribution >= 4 is 39.9 Å². The summed E-state index contributed by atoms with van der Waals surface area (Å²) in [5.41, 5.74) is 3.54. The molecule has 1 aromatic heterocycles. The average molecular weight is 577 g/mol. The van der Waals surface area contributed by atoms with Gasteiger partial charge in [-0.25, -0.2) is 9.37 Å². The Balaban J connectivity index is 1.24. The van der Waals surface area contributed by atoms with Gasteiger partial charge in [-0.2, -0.15) is 4.98 Å². The lowest BCUT2D eigenvalue weighted by Crippen LogP contribution is -2.46. The monoisotopic (exact) mass is 576 g/mol. The molecule has 0 spiro atoms. The van der Waals surface area contributed by atoms with Crippen molar-refractivity contribution in [2.75, 3.05) is 35.7 Å². The number of rotatable bonds is 8. The van der Waals surface area contributed by atoms with E-state index in [1.807, 2.05) is 30.3 Å². The van der Waals surface area contributed by atoms with Crippen LogP contribution in [0, 0.1) is 5.82 Å². The fourth-order valence-corrected chi connectivity index (χ4v) is 6.94. The number of benzene rings is 3. The van der Waals surface area contributed by atoms with Crippen molar-refractivity contribution in [2.45, 2.75) is 36.2 Å². The van der Waals surface area contributed by atoms with E-state index in [9.17, 15) is 8.60 Å². The van der Waals surface area contributed by atoms with Gasteiger partial charge in [-0.3, -0.25) is 4.21 Å². The molecule has 0 radical (unpaired) electrons. The van der Waals surface area contributed by atoms with Crippen LogP contribution in [0.25, 0.3) is 0 Å². The lowest BCUT2D eigenvalue weighted by atomic mass is 9.73. The molecule has 2 aliphatic rings. The molecule has 6 nitrogen and oxygen atoms in total. The molecule has 2 aliphatic heterocycles. The Morgan fingerprint density at radius 3 is 2.52 bits per heavy atom. The van der Waals surface area contributed by atoms with E-state index in [2.05, 4.69) is 34.5 Å². The van der Waals surface area contributed by atoms with Gasteiger partial charge in [0.15, 0.2) is 5.82 Å². The van der Waals surface area contributed by atoms with E-state index < -0.39 is 10.8 Å². The van der Waals surface area contributed by atoms with Crippen molar-refractivity contribution in [1.82, 2.24) is 9.97 Å². The number of anilines is 3. The van der Waals surface area contributed by atoms with Gasteiger partial charge in [0, 0.05) is 41.4 Å². The van der Waals surface area contributed by atoms with Crippen molar-refractivity contribution in [3.05, 3.63) is 107 Å². The summed E-state index contributed by atoms with van der Waals surface area (Å²) in [6.45, 7) is 2.62. The predicted molar refractivity (Wildman–Crippen MR) is 157 cm³/mol. The van der Waals surface area contributed by atoms with Gasteiger partial charge < -0.3 is 15.0 Å². The minimum atomic E-state index is -1.19. The highest BCUT2D eigenvalue weighted by atomic mass is 35.5. The fourth-order valence-electron chi connectivity index (χ4n) is 5.51. The van der Waals surface area contributed by atoms with Gasteiger partial charge in [0.05, 0.1) is 29.7 Å². The smallest absolute Gasteiger partial charge is 0.227 e. The maximum absolute atomic E-state index is 13.9. The summed E-state index contributed by atoms with van der Waals surface area (Å²) in [6.07, 6.45) is 2.33. The van der Waals surface area contributed by atoms with E-state index in [0.29, 0.717) is 52.8 Å². The molecule has 4 aromatic rings. The summed E-state index contributed by atoms with van der Waals surface area (Å²) in [5.74, 6) is 1.26. The first-order valence-electron chi connectivity index (χ1n) is 13.4. The van der Waals surface area contributed by atoms with E-state index in [-0.39, 0.29) is 11.2 Å². The Morgan fingerprint density at radius 2 is 1.77 bits per heavy atom. The fraction of sp³-hybridized carbons (Fsp3) is 0.290. The third-order valence-corrected chi connectivity index (χ3v) is 9.42. The van der Waals surface area contributed by atoms with Crippen LogP contribution in [0.2, 0.25) is 5.02 Å². The summed E-state index contributed by atoms with van der Waals surface area (Å²) in [5, 5.41) is 3.91. The topological polar surface area (TPSA) is 67.4 Å². The third-order valence-electron chi connectivity index (χ3n) is 7.71. The molecule has 1 N–H and O–H groups in total. The summed E-state index contributed by atoms with van der Waals surface area (Å²) in [6, 6.07) is 24.5. The molecule has 0 bridgehead atoms. The molecular formula is C31H30ClFN4O2S. The Labute approximate surface area is 241 Å².